The van der Waals surface area contributed by atoms with Crippen LogP contribution >= 0.6 is 11.6 Å². The second-order valence-electron chi connectivity index (χ2n) is 7.64. The molecule has 0 aliphatic carbocycles. The van der Waals surface area contributed by atoms with Crippen LogP contribution in [0.25, 0.3) is 22.3 Å². The van der Waals surface area contributed by atoms with Crippen molar-refractivity contribution in [3.63, 3.8) is 0 Å². The van der Waals surface area contributed by atoms with E-state index in [0.717, 1.165) is 17.2 Å². The molecular formula is C24H20ClF2N5O2. The number of hydrogen-bond acceptors (Lipinski definition) is 5. The number of nitrogens with one attached hydrogen (secondary N) is 1. The van der Waals surface area contributed by atoms with Crippen LogP contribution in [-0.4, -0.2) is 32.4 Å². The number of anilines is 1. The number of aryl methyl sites for hydroxylation is 1. The zero-order valence-corrected chi connectivity index (χ0v) is 18.7. The number of rotatable bonds is 6. The second kappa shape index (κ2) is 9.58. The van der Waals surface area contributed by atoms with Gasteiger partial charge in [0.2, 0.25) is 0 Å². The summed E-state index contributed by atoms with van der Waals surface area (Å²) in [5.41, 5.74) is 8.69. The fourth-order valence-electron chi connectivity index (χ4n) is 3.50. The fraction of sp³-hybridized carbons (Fsp3) is 0.125. The highest BCUT2D eigenvalue weighted by Crippen LogP contribution is 2.30. The summed E-state index contributed by atoms with van der Waals surface area (Å²) in [7, 11) is 1.79. The molecule has 10 heteroatoms. The molecule has 4 N–H and O–H groups in total. The summed E-state index contributed by atoms with van der Waals surface area (Å²) >= 11 is 5.78. The molecule has 2 aromatic carbocycles. The fourth-order valence-corrected chi connectivity index (χ4v) is 3.69. The molecule has 0 saturated carbocycles. The molecule has 2 heterocycles. The number of nitrogens with zero attached hydrogens (tertiary/aromatic N) is 3. The Bertz CT molecular complexity index is 1380. The van der Waals surface area contributed by atoms with Gasteiger partial charge in [0.05, 0.1) is 29.4 Å². The second-order valence-corrected chi connectivity index (χ2v) is 8.04. The maximum Gasteiger partial charge on any atom is 0.254 e. The van der Waals surface area contributed by atoms with E-state index in [-0.39, 0.29) is 16.4 Å². The van der Waals surface area contributed by atoms with Crippen LogP contribution in [0.15, 0.2) is 61.1 Å². The number of aromatic nitrogens is 3. The van der Waals surface area contributed by atoms with Gasteiger partial charge in [-0.1, -0.05) is 23.7 Å². The summed E-state index contributed by atoms with van der Waals surface area (Å²) in [6.45, 7) is -0.489. The normalized spacial score (nSPS) is 11.9. The minimum atomic E-state index is -0.902. The van der Waals surface area contributed by atoms with E-state index in [9.17, 15) is 18.7 Å². The van der Waals surface area contributed by atoms with Crippen molar-refractivity contribution in [2.75, 3.05) is 12.3 Å². The summed E-state index contributed by atoms with van der Waals surface area (Å²) in [5, 5.41) is 16.2. The van der Waals surface area contributed by atoms with Crippen LogP contribution in [0.1, 0.15) is 22.0 Å². The maximum absolute atomic E-state index is 14.9. The number of nitrogens with two attached hydrogens (primary N) is 1. The van der Waals surface area contributed by atoms with Crippen molar-refractivity contribution in [1.29, 1.82) is 0 Å². The van der Waals surface area contributed by atoms with Crippen LogP contribution in [0.4, 0.5) is 14.6 Å². The largest absolute Gasteiger partial charge is 0.394 e. The van der Waals surface area contributed by atoms with Gasteiger partial charge in [-0.2, -0.15) is 5.10 Å². The third-order valence-corrected chi connectivity index (χ3v) is 5.61. The molecule has 174 valence electrons. The van der Waals surface area contributed by atoms with E-state index in [1.807, 2.05) is 6.20 Å². The zero-order chi connectivity index (χ0) is 24.4. The van der Waals surface area contributed by atoms with Crippen LogP contribution in [0.5, 0.6) is 0 Å². The van der Waals surface area contributed by atoms with E-state index in [2.05, 4.69) is 15.4 Å². The molecule has 7 nitrogen and oxygen atoms in total. The Morgan fingerprint density at radius 1 is 1.12 bits per heavy atom. The van der Waals surface area contributed by atoms with Crippen LogP contribution in [0.3, 0.4) is 0 Å². The zero-order valence-electron chi connectivity index (χ0n) is 18.0. The van der Waals surface area contributed by atoms with Crippen LogP contribution < -0.4 is 11.1 Å². The highest BCUT2D eigenvalue weighted by atomic mass is 35.5. The number of benzene rings is 2. The summed E-state index contributed by atoms with van der Waals surface area (Å²) in [5.74, 6) is -1.96. The van der Waals surface area contributed by atoms with Gasteiger partial charge in [0, 0.05) is 36.1 Å². The van der Waals surface area contributed by atoms with Gasteiger partial charge < -0.3 is 16.2 Å². The lowest BCUT2D eigenvalue weighted by molar-refractivity contribution is 0.0912. The van der Waals surface area contributed by atoms with Crippen molar-refractivity contribution in [2.24, 2.45) is 7.05 Å². The van der Waals surface area contributed by atoms with Crippen molar-refractivity contribution in [3.8, 4) is 22.3 Å². The first kappa shape index (κ1) is 23.3. The number of aliphatic hydroxyl groups is 1. The van der Waals surface area contributed by atoms with Gasteiger partial charge >= 0.3 is 0 Å². The molecule has 2 aromatic heterocycles. The van der Waals surface area contributed by atoms with E-state index in [1.54, 1.807) is 36.3 Å². The predicted octanol–water partition coefficient (Wildman–Crippen LogP) is 4.13. The molecule has 4 aromatic rings. The average molecular weight is 484 g/mol. The molecule has 34 heavy (non-hydrogen) atoms. The van der Waals surface area contributed by atoms with E-state index < -0.39 is 30.2 Å². The SMILES string of the molecule is Cn1cc(-c2cnc(N)c(-c3ccc(C(=O)N[C@H](CO)c4ccc(F)c(Cl)c4)c(F)c3)c2)cn1. The standard InChI is InChI=1S/C24H20ClF2N5O2/c1-32-11-16(10-30-32)15-6-18(23(28)29-9-15)13-2-4-17(21(27)8-13)24(34)31-22(12-33)14-3-5-20(26)19(25)7-14/h2-11,22,33H,12H2,1H3,(H2,28,29)(H,31,34)/t22-/m1/s1. The Hall–Kier alpha value is -3.82. The first-order valence-corrected chi connectivity index (χ1v) is 10.6. The Balaban J connectivity index is 1.59. The smallest absolute Gasteiger partial charge is 0.254 e. The third kappa shape index (κ3) is 4.75. The minimum Gasteiger partial charge on any atom is -0.394 e. The van der Waals surface area contributed by atoms with Crippen molar-refractivity contribution >= 4 is 23.3 Å². The highest BCUT2D eigenvalue weighted by molar-refractivity contribution is 6.30. The van der Waals surface area contributed by atoms with E-state index in [4.69, 9.17) is 17.3 Å². The highest BCUT2D eigenvalue weighted by Gasteiger charge is 2.20. The molecule has 1 atom stereocenters. The molecular weight excluding hydrogens is 464 g/mol. The summed E-state index contributed by atoms with van der Waals surface area (Å²) in [4.78, 5) is 16.9. The van der Waals surface area contributed by atoms with Gasteiger partial charge in [-0.25, -0.2) is 13.8 Å². The lowest BCUT2D eigenvalue weighted by Gasteiger charge is -2.18. The molecule has 0 unspecified atom stereocenters. The van der Waals surface area contributed by atoms with Gasteiger partial charge in [0.25, 0.3) is 5.91 Å². The first-order valence-electron chi connectivity index (χ1n) is 10.2. The molecule has 0 radical (unpaired) electrons. The lowest BCUT2D eigenvalue weighted by Crippen LogP contribution is -2.31. The third-order valence-electron chi connectivity index (χ3n) is 5.32. The molecule has 0 fully saturated rings. The number of carbonyl (C=O) groups is 1. The molecule has 4 rings (SSSR count). The van der Waals surface area contributed by atoms with Crippen LogP contribution in [0.2, 0.25) is 5.02 Å². The van der Waals surface area contributed by atoms with Gasteiger partial charge in [0.1, 0.15) is 17.5 Å². The monoisotopic (exact) mass is 483 g/mol. The lowest BCUT2D eigenvalue weighted by atomic mass is 10.0. The molecule has 0 aliphatic heterocycles. The topological polar surface area (TPSA) is 106 Å². The van der Waals surface area contributed by atoms with Crippen molar-refractivity contribution in [2.45, 2.75) is 6.04 Å². The van der Waals surface area contributed by atoms with Crippen LogP contribution in [0, 0.1) is 11.6 Å². The number of amides is 1. The van der Waals surface area contributed by atoms with Crippen molar-refractivity contribution < 1.29 is 18.7 Å². The number of carbonyl (C=O) groups excluding carboxylic acids is 1. The number of nitrogen functional groups attached to an aromatic ring is 1. The van der Waals surface area contributed by atoms with Gasteiger partial charge in [-0.05, 0) is 41.5 Å². The molecule has 1 amide bonds. The molecule has 0 aliphatic rings. The van der Waals surface area contributed by atoms with Gasteiger partial charge in [-0.15, -0.1) is 0 Å². The summed E-state index contributed by atoms with van der Waals surface area (Å²) in [6.07, 6.45) is 5.10. The predicted molar refractivity (Wildman–Crippen MR) is 125 cm³/mol. The van der Waals surface area contributed by atoms with Crippen molar-refractivity contribution in [1.82, 2.24) is 20.1 Å². The Labute approximate surface area is 198 Å². The Morgan fingerprint density at radius 2 is 1.91 bits per heavy atom. The number of aliphatic hydroxyl groups excluding tert-OH is 1. The average Bonchev–Trinajstić information content (AvgIpc) is 3.25. The van der Waals surface area contributed by atoms with Gasteiger partial charge in [0.15, 0.2) is 0 Å². The van der Waals surface area contributed by atoms with Crippen LogP contribution in [-0.2, 0) is 7.05 Å². The molecule has 0 spiro atoms. The number of pyridine rings is 1. The van der Waals surface area contributed by atoms with Gasteiger partial charge in [-0.3, -0.25) is 9.48 Å². The van der Waals surface area contributed by atoms with E-state index >= 15 is 0 Å². The minimum absolute atomic E-state index is 0.152. The van der Waals surface area contributed by atoms with E-state index in [0.29, 0.717) is 16.7 Å². The molecule has 0 saturated heterocycles. The first-order chi connectivity index (χ1) is 16.3. The van der Waals surface area contributed by atoms with Crippen molar-refractivity contribution in [3.05, 3.63) is 88.8 Å². The van der Waals surface area contributed by atoms with E-state index in [1.165, 1.54) is 24.3 Å². The summed E-state index contributed by atoms with van der Waals surface area (Å²) in [6, 6.07) is 8.74. The Kier molecular flexibility index (Phi) is 6.58. The number of halogens is 3. The summed E-state index contributed by atoms with van der Waals surface area (Å²) < 4.78 is 30.0. The molecule has 0 bridgehead atoms. The number of hydrogen-bond donors (Lipinski definition) is 3. The maximum atomic E-state index is 14.9. The Morgan fingerprint density at radius 3 is 2.56 bits per heavy atom. The quantitative estimate of drug-likeness (QED) is 0.382.